The highest BCUT2D eigenvalue weighted by Gasteiger charge is 2.15. The maximum absolute atomic E-state index is 9.46. The van der Waals surface area contributed by atoms with Crippen molar-refractivity contribution < 1.29 is 29.5 Å². The second kappa shape index (κ2) is 18.3. The summed E-state index contributed by atoms with van der Waals surface area (Å²) in [4.78, 5) is 0. The van der Waals surface area contributed by atoms with Crippen LogP contribution in [-0.2, 0) is 14.2 Å². The molecule has 0 bridgehead atoms. The molecule has 0 fully saturated rings. The summed E-state index contributed by atoms with van der Waals surface area (Å²) in [5, 5.41) is 28.3. The van der Waals surface area contributed by atoms with Crippen molar-refractivity contribution >= 4 is 0 Å². The first kappa shape index (κ1) is 29.8. The van der Waals surface area contributed by atoms with Crippen LogP contribution in [0.4, 0.5) is 0 Å². The molecule has 3 N–H and O–H groups in total. The van der Waals surface area contributed by atoms with Gasteiger partial charge in [-0.05, 0) is 77.0 Å². The van der Waals surface area contributed by atoms with Gasteiger partial charge in [0.05, 0.1) is 31.5 Å². The number of aliphatic hydroxyl groups is 3. The van der Waals surface area contributed by atoms with Gasteiger partial charge in [-0.3, -0.25) is 0 Å². The summed E-state index contributed by atoms with van der Waals surface area (Å²) in [6.07, 6.45) is 4.24. The molecule has 6 unspecified atom stereocenters. The lowest BCUT2D eigenvalue weighted by Crippen LogP contribution is -2.29. The van der Waals surface area contributed by atoms with Gasteiger partial charge >= 0.3 is 0 Å². The van der Waals surface area contributed by atoms with Gasteiger partial charge in [0.1, 0.15) is 6.10 Å². The number of hydrogen-bond donors (Lipinski definition) is 3. The summed E-state index contributed by atoms with van der Waals surface area (Å²) >= 11 is 0. The second-order valence-corrected chi connectivity index (χ2v) is 9.62. The Hall–Kier alpha value is -0.240. The molecule has 6 nitrogen and oxygen atoms in total. The maximum atomic E-state index is 9.46. The van der Waals surface area contributed by atoms with E-state index in [2.05, 4.69) is 20.8 Å². The van der Waals surface area contributed by atoms with Crippen LogP contribution in [0.1, 0.15) is 80.1 Å². The third-order valence-electron chi connectivity index (χ3n) is 5.26. The van der Waals surface area contributed by atoms with Crippen LogP contribution in [0.2, 0.25) is 0 Å². The van der Waals surface area contributed by atoms with Crippen molar-refractivity contribution in [2.24, 2.45) is 17.8 Å². The van der Waals surface area contributed by atoms with Crippen LogP contribution < -0.4 is 0 Å². The number of aliphatic hydroxyl groups excluding tert-OH is 3. The summed E-state index contributed by atoms with van der Waals surface area (Å²) in [6, 6.07) is 0. The van der Waals surface area contributed by atoms with E-state index in [-0.39, 0.29) is 24.4 Å². The van der Waals surface area contributed by atoms with Crippen molar-refractivity contribution in [3.63, 3.8) is 0 Å². The van der Waals surface area contributed by atoms with E-state index in [1.54, 1.807) is 0 Å². The summed E-state index contributed by atoms with van der Waals surface area (Å²) in [5.41, 5.74) is 0. The second-order valence-electron chi connectivity index (χ2n) is 9.62. The van der Waals surface area contributed by atoms with Crippen molar-refractivity contribution in [2.75, 3.05) is 33.0 Å². The molecule has 0 amide bonds. The molecule has 0 saturated heterocycles. The molecule has 0 aromatic carbocycles. The summed E-state index contributed by atoms with van der Waals surface area (Å²) in [5.74, 6) is 1.16. The minimum atomic E-state index is -0.277. The largest absolute Gasteiger partial charge is 0.393 e. The van der Waals surface area contributed by atoms with E-state index in [4.69, 9.17) is 14.2 Å². The van der Waals surface area contributed by atoms with Gasteiger partial charge in [0, 0.05) is 19.8 Å². The number of hydrogen-bond acceptors (Lipinski definition) is 6. The van der Waals surface area contributed by atoms with E-state index >= 15 is 0 Å². The lowest BCUT2D eigenvalue weighted by Gasteiger charge is -2.23. The molecule has 0 aliphatic rings. The molecule has 30 heavy (non-hydrogen) atoms. The third kappa shape index (κ3) is 19.7. The Morgan fingerprint density at radius 3 is 1.13 bits per heavy atom. The van der Waals surface area contributed by atoms with Crippen LogP contribution in [0.15, 0.2) is 0 Å². The smallest absolute Gasteiger partial charge is 0.104 e. The molecule has 0 aromatic rings. The molecular formula is C24H50O6. The highest BCUT2D eigenvalue weighted by molar-refractivity contribution is 4.63. The van der Waals surface area contributed by atoms with Crippen LogP contribution >= 0.6 is 0 Å². The summed E-state index contributed by atoms with van der Waals surface area (Å²) < 4.78 is 17.9. The van der Waals surface area contributed by atoms with Gasteiger partial charge < -0.3 is 29.5 Å². The number of ether oxygens (including phenoxy) is 3. The molecular weight excluding hydrogens is 384 g/mol. The molecule has 6 atom stereocenters. The number of rotatable bonds is 20. The molecule has 0 spiro atoms. The van der Waals surface area contributed by atoms with Gasteiger partial charge in [-0.25, -0.2) is 0 Å². The van der Waals surface area contributed by atoms with Gasteiger partial charge in [0.25, 0.3) is 0 Å². The highest BCUT2D eigenvalue weighted by Crippen LogP contribution is 2.13. The first-order valence-corrected chi connectivity index (χ1v) is 11.9. The van der Waals surface area contributed by atoms with Gasteiger partial charge in [0.15, 0.2) is 0 Å². The van der Waals surface area contributed by atoms with Crippen molar-refractivity contribution in [2.45, 2.75) is 104 Å². The highest BCUT2D eigenvalue weighted by atomic mass is 16.6. The Kier molecular flexibility index (Phi) is 18.2. The standard InChI is InChI=1S/C24H50O6/c1-18(7-10-21(4)25)13-28-16-24(30-15-20(3)9-12-23(6)27)17-29-14-19(2)8-11-22(5)26/h18-27H,7-17H2,1-6H3. The fraction of sp³-hybridized carbons (Fsp3) is 1.00. The Bertz CT molecular complexity index is 351. The van der Waals surface area contributed by atoms with Crippen molar-refractivity contribution in [1.82, 2.24) is 0 Å². The van der Waals surface area contributed by atoms with Crippen LogP contribution in [0.3, 0.4) is 0 Å². The van der Waals surface area contributed by atoms with Gasteiger partial charge in [-0.2, -0.15) is 0 Å². The predicted octanol–water partition coefficient (Wildman–Crippen LogP) is 3.80. The van der Waals surface area contributed by atoms with Crippen LogP contribution in [-0.4, -0.2) is 72.8 Å². The third-order valence-corrected chi connectivity index (χ3v) is 5.26. The van der Waals surface area contributed by atoms with E-state index in [9.17, 15) is 15.3 Å². The van der Waals surface area contributed by atoms with E-state index < -0.39 is 0 Å². The molecule has 0 saturated carbocycles. The normalized spacial score (nSPS) is 19.1. The molecule has 0 radical (unpaired) electrons. The molecule has 0 rings (SSSR count). The molecule has 182 valence electrons. The zero-order valence-corrected chi connectivity index (χ0v) is 20.4. The SMILES string of the molecule is CC(O)CCC(C)COCC(COCC(C)CCC(C)O)OCC(C)CCC(C)O. The monoisotopic (exact) mass is 434 g/mol. The van der Waals surface area contributed by atoms with E-state index in [1.807, 2.05) is 20.8 Å². The van der Waals surface area contributed by atoms with E-state index in [0.29, 0.717) is 50.8 Å². The molecule has 0 aliphatic carbocycles. The van der Waals surface area contributed by atoms with Crippen LogP contribution in [0, 0.1) is 17.8 Å². The van der Waals surface area contributed by atoms with E-state index in [0.717, 1.165) is 38.5 Å². The topological polar surface area (TPSA) is 88.4 Å². The zero-order valence-electron chi connectivity index (χ0n) is 20.4. The van der Waals surface area contributed by atoms with Gasteiger partial charge in [-0.1, -0.05) is 20.8 Å². The average Bonchev–Trinajstić information content (AvgIpc) is 2.66. The molecule has 0 aliphatic heterocycles. The van der Waals surface area contributed by atoms with Crippen LogP contribution in [0.5, 0.6) is 0 Å². The minimum absolute atomic E-state index is 0.119. The Balaban J connectivity index is 4.32. The quantitative estimate of drug-likeness (QED) is 0.270. The summed E-state index contributed by atoms with van der Waals surface area (Å²) in [6.45, 7) is 14.8. The van der Waals surface area contributed by atoms with Crippen molar-refractivity contribution in [3.05, 3.63) is 0 Å². The minimum Gasteiger partial charge on any atom is -0.393 e. The fourth-order valence-corrected chi connectivity index (χ4v) is 3.07. The molecule has 0 heterocycles. The first-order chi connectivity index (χ1) is 14.1. The Morgan fingerprint density at radius 2 is 0.800 bits per heavy atom. The average molecular weight is 435 g/mol. The molecule has 0 aromatic heterocycles. The summed E-state index contributed by atoms with van der Waals surface area (Å²) in [7, 11) is 0. The zero-order chi connectivity index (χ0) is 22.9. The first-order valence-electron chi connectivity index (χ1n) is 11.9. The van der Waals surface area contributed by atoms with Gasteiger partial charge in [0.2, 0.25) is 0 Å². The van der Waals surface area contributed by atoms with Crippen molar-refractivity contribution in [3.8, 4) is 0 Å². The Labute approximate surface area is 185 Å². The van der Waals surface area contributed by atoms with E-state index in [1.165, 1.54) is 0 Å². The van der Waals surface area contributed by atoms with Crippen molar-refractivity contribution in [1.29, 1.82) is 0 Å². The predicted molar refractivity (Wildman–Crippen MR) is 122 cm³/mol. The molecule has 6 heteroatoms. The van der Waals surface area contributed by atoms with Crippen LogP contribution in [0.25, 0.3) is 0 Å². The lowest BCUT2D eigenvalue weighted by atomic mass is 10.0. The lowest BCUT2D eigenvalue weighted by molar-refractivity contribution is -0.0767. The fourth-order valence-electron chi connectivity index (χ4n) is 3.07. The Morgan fingerprint density at radius 1 is 0.467 bits per heavy atom. The maximum Gasteiger partial charge on any atom is 0.104 e. The van der Waals surface area contributed by atoms with Gasteiger partial charge in [-0.15, -0.1) is 0 Å².